The average Bonchev–Trinajstić information content (AvgIpc) is 2.56. The van der Waals surface area contributed by atoms with Crippen molar-refractivity contribution in [2.24, 2.45) is 0 Å². The van der Waals surface area contributed by atoms with Crippen LogP contribution >= 0.6 is 11.6 Å². The minimum atomic E-state index is -4.56. The second-order valence-electron chi connectivity index (χ2n) is 5.62. The van der Waals surface area contributed by atoms with E-state index in [1.165, 1.54) is 0 Å². The SMILES string of the molecule is CC(NC(=O)CC(=O)Nc1cc(C(F)(F)F)ccc1Cl)c1ccccc1. The van der Waals surface area contributed by atoms with Crippen molar-refractivity contribution in [3.05, 3.63) is 64.7 Å². The third-order valence-electron chi connectivity index (χ3n) is 3.57. The lowest BCUT2D eigenvalue weighted by molar-refractivity contribution is -0.137. The summed E-state index contributed by atoms with van der Waals surface area (Å²) in [5, 5.41) is 4.83. The van der Waals surface area contributed by atoms with E-state index in [2.05, 4.69) is 10.6 Å². The van der Waals surface area contributed by atoms with E-state index < -0.39 is 30.0 Å². The fourth-order valence-corrected chi connectivity index (χ4v) is 2.42. The normalized spacial score (nSPS) is 12.3. The van der Waals surface area contributed by atoms with Gasteiger partial charge in [0.2, 0.25) is 11.8 Å². The molecule has 0 aliphatic heterocycles. The highest BCUT2D eigenvalue weighted by Gasteiger charge is 2.31. The molecule has 0 aliphatic rings. The van der Waals surface area contributed by atoms with Gasteiger partial charge in [-0.05, 0) is 30.7 Å². The third-order valence-corrected chi connectivity index (χ3v) is 3.90. The number of carbonyl (C=O) groups is 2. The summed E-state index contributed by atoms with van der Waals surface area (Å²) in [5.74, 6) is -1.31. The molecule has 2 aromatic carbocycles. The summed E-state index contributed by atoms with van der Waals surface area (Å²) < 4.78 is 38.2. The topological polar surface area (TPSA) is 58.2 Å². The highest BCUT2D eigenvalue weighted by atomic mass is 35.5. The van der Waals surface area contributed by atoms with Crippen LogP contribution in [0.5, 0.6) is 0 Å². The van der Waals surface area contributed by atoms with Gasteiger partial charge < -0.3 is 10.6 Å². The van der Waals surface area contributed by atoms with Gasteiger partial charge in [0.25, 0.3) is 0 Å². The summed E-state index contributed by atoms with van der Waals surface area (Å²) in [6.45, 7) is 1.76. The molecule has 138 valence electrons. The van der Waals surface area contributed by atoms with Crippen molar-refractivity contribution in [2.75, 3.05) is 5.32 Å². The monoisotopic (exact) mass is 384 g/mol. The van der Waals surface area contributed by atoms with Gasteiger partial charge in [-0.2, -0.15) is 13.2 Å². The van der Waals surface area contributed by atoms with Crippen molar-refractivity contribution >= 4 is 29.1 Å². The highest BCUT2D eigenvalue weighted by molar-refractivity contribution is 6.33. The second kappa shape index (κ2) is 8.23. The Morgan fingerprint density at radius 2 is 1.73 bits per heavy atom. The van der Waals surface area contributed by atoms with Crippen LogP contribution in [0.4, 0.5) is 18.9 Å². The summed E-state index contributed by atoms with van der Waals surface area (Å²) in [4.78, 5) is 23.9. The highest BCUT2D eigenvalue weighted by Crippen LogP contribution is 2.33. The van der Waals surface area contributed by atoms with Crippen molar-refractivity contribution in [2.45, 2.75) is 25.6 Å². The molecule has 26 heavy (non-hydrogen) atoms. The maximum atomic E-state index is 12.7. The maximum Gasteiger partial charge on any atom is 0.416 e. The van der Waals surface area contributed by atoms with Crippen molar-refractivity contribution in [1.82, 2.24) is 5.32 Å². The van der Waals surface area contributed by atoms with Gasteiger partial charge in [-0.1, -0.05) is 41.9 Å². The number of hydrogen-bond donors (Lipinski definition) is 2. The van der Waals surface area contributed by atoms with E-state index in [0.29, 0.717) is 0 Å². The number of nitrogens with one attached hydrogen (secondary N) is 2. The molecule has 4 nitrogen and oxygen atoms in total. The zero-order valence-corrected chi connectivity index (χ0v) is 14.5. The quantitative estimate of drug-likeness (QED) is 0.742. The summed E-state index contributed by atoms with van der Waals surface area (Å²) in [6.07, 6.45) is -5.10. The summed E-state index contributed by atoms with van der Waals surface area (Å²) in [7, 11) is 0. The molecule has 0 radical (unpaired) electrons. The summed E-state index contributed by atoms with van der Waals surface area (Å²) in [5.41, 5.74) is -0.281. The van der Waals surface area contributed by atoms with Gasteiger partial charge in [0, 0.05) is 0 Å². The molecule has 2 rings (SSSR count). The molecule has 0 aromatic heterocycles. The van der Waals surface area contributed by atoms with E-state index >= 15 is 0 Å². The minimum absolute atomic E-state index is 0.0515. The maximum absolute atomic E-state index is 12.7. The average molecular weight is 385 g/mol. The fourth-order valence-electron chi connectivity index (χ4n) is 2.26. The zero-order chi connectivity index (χ0) is 19.3. The molecule has 0 fully saturated rings. The van der Waals surface area contributed by atoms with Crippen molar-refractivity contribution in [3.8, 4) is 0 Å². The molecule has 2 N–H and O–H groups in total. The number of halogens is 4. The molecule has 8 heteroatoms. The van der Waals surface area contributed by atoms with E-state index in [-0.39, 0.29) is 16.8 Å². The lowest BCUT2D eigenvalue weighted by Crippen LogP contribution is -2.30. The van der Waals surface area contributed by atoms with E-state index in [0.717, 1.165) is 23.8 Å². The van der Waals surface area contributed by atoms with Gasteiger partial charge >= 0.3 is 6.18 Å². The second-order valence-corrected chi connectivity index (χ2v) is 6.02. The molecule has 0 spiro atoms. The molecule has 0 aliphatic carbocycles. The predicted molar refractivity (Wildman–Crippen MR) is 92.7 cm³/mol. The number of carbonyl (C=O) groups excluding carboxylic acids is 2. The molecule has 1 unspecified atom stereocenters. The van der Waals surface area contributed by atoms with Crippen LogP contribution in [0.3, 0.4) is 0 Å². The van der Waals surface area contributed by atoms with Gasteiger partial charge in [-0.25, -0.2) is 0 Å². The van der Waals surface area contributed by atoms with E-state index in [1.807, 2.05) is 30.3 Å². The Kier molecular flexibility index (Phi) is 6.26. The van der Waals surface area contributed by atoms with Crippen LogP contribution in [-0.4, -0.2) is 11.8 Å². The van der Waals surface area contributed by atoms with Gasteiger partial charge in [0.1, 0.15) is 6.42 Å². The Morgan fingerprint density at radius 1 is 1.08 bits per heavy atom. The molecular weight excluding hydrogens is 369 g/mol. The van der Waals surface area contributed by atoms with Crippen LogP contribution in [0, 0.1) is 0 Å². The molecular formula is C18H16ClF3N2O2. The Bertz CT molecular complexity index is 795. The Hall–Kier alpha value is -2.54. The van der Waals surface area contributed by atoms with Crippen LogP contribution in [0.2, 0.25) is 5.02 Å². The molecule has 0 bridgehead atoms. The number of benzene rings is 2. The number of hydrogen-bond acceptors (Lipinski definition) is 2. The number of alkyl halides is 3. The molecule has 1 atom stereocenters. The molecule has 2 amide bonds. The zero-order valence-electron chi connectivity index (χ0n) is 13.7. The van der Waals surface area contributed by atoms with Crippen LogP contribution in [0.1, 0.15) is 30.5 Å². The smallest absolute Gasteiger partial charge is 0.349 e. The first kappa shape index (κ1) is 19.8. The fraction of sp³-hybridized carbons (Fsp3) is 0.222. The van der Waals surface area contributed by atoms with Crippen LogP contribution in [0.25, 0.3) is 0 Å². The number of rotatable bonds is 5. The summed E-state index contributed by atoms with van der Waals surface area (Å²) in [6, 6.07) is 11.4. The number of amides is 2. The molecule has 0 saturated carbocycles. The third kappa shape index (κ3) is 5.49. The molecule has 0 heterocycles. The number of anilines is 1. The van der Waals surface area contributed by atoms with Gasteiger partial charge in [0.05, 0.1) is 22.3 Å². The Labute approximate surface area is 153 Å². The van der Waals surface area contributed by atoms with E-state index in [1.54, 1.807) is 6.92 Å². The van der Waals surface area contributed by atoms with Crippen molar-refractivity contribution in [1.29, 1.82) is 0 Å². The van der Waals surface area contributed by atoms with Gasteiger partial charge in [-0.15, -0.1) is 0 Å². The predicted octanol–water partition coefficient (Wildman–Crippen LogP) is 4.56. The standard InChI is InChI=1S/C18H16ClF3N2O2/c1-11(12-5-3-2-4-6-12)23-16(25)10-17(26)24-15-9-13(18(20,21)22)7-8-14(15)19/h2-9,11H,10H2,1H3,(H,23,25)(H,24,26). The van der Waals surface area contributed by atoms with Gasteiger partial charge in [0.15, 0.2) is 0 Å². The van der Waals surface area contributed by atoms with Crippen molar-refractivity contribution < 1.29 is 22.8 Å². The van der Waals surface area contributed by atoms with Crippen molar-refractivity contribution in [3.63, 3.8) is 0 Å². The first-order valence-electron chi connectivity index (χ1n) is 7.67. The minimum Gasteiger partial charge on any atom is -0.349 e. The van der Waals surface area contributed by atoms with Crippen LogP contribution < -0.4 is 10.6 Å². The largest absolute Gasteiger partial charge is 0.416 e. The molecule has 2 aromatic rings. The van der Waals surface area contributed by atoms with Gasteiger partial charge in [-0.3, -0.25) is 9.59 Å². The lowest BCUT2D eigenvalue weighted by atomic mass is 10.1. The lowest BCUT2D eigenvalue weighted by Gasteiger charge is -2.15. The first-order chi connectivity index (χ1) is 12.2. The van der Waals surface area contributed by atoms with Crippen LogP contribution in [-0.2, 0) is 15.8 Å². The van der Waals surface area contributed by atoms with Crippen LogP contribution in [0.15, 0.2) is 48.5 Å². The molecule has 0 saturated heterocycles. The van der Waals surface area contributed by atoms with E-state index in [9.17, 15) is 22.8 Å². The summed E-state index contributed by atoms with van der Waals surface area (Å²) >= 11 is 5.81. The Morgan fingerprint density at radius 3 is 2.35 bits per heavy atom. The Balaban J connectivity index is 1.97. The first-order valence-corrected chi connectivity index (χ1v) is 8.05. The van der Waals surface area contributed by atoms with E-state index in [4.69, 9.17) is 11.6 Å².